The van der Waals surface area contributed by atoms with Crippen LogP contribution < -0.4 is 5.32 Å². The summed E-state index contributed by atoms with van der Waals surface area (Å²) < 4.78 is 5.38. The molecule has 2 heteroatoms. The lowest BCUT2D eigenvalue weighted by molar-refractivity contribution is 0.188. The standard InChI is InChI=1S/C12H21NO/c1-2-9(1)12(10-3-4-10)7-13-11-5-6-14-8-11/h9-13H,1-8H2. The molecule has 3 fully saturated rings. The first-order valence-corrected chi connectivity index (χ1v) is 6.24. The maximum absolute atomic E-state index is 5.38. The molecule has 0 aromatic rings. The fraction of sp³-hybridized carbons (Fsp3) is 1.00. The first-order chi connectivity index (χ1) is 6.93. The Morgan fingerprint density at radius 3 is 2.29 bits per heavy atom. The average molecular weight is 195 g/mol. The number of rotatable bonds is 5. The second-order valence-corrected chi connectivity index (χ2v) is 5.31. The van der Waals surface area contributed by atoms with E-state index in [-0.39, 0.29) is 0 Å². The Kier molecular flexibility index (Phi) is 2.50. The van der Waals surface area contributed by atoms with Crippen LogP contribution in [0.3, 0.4) is 0 Å². The first kappa shape index (κ1) is 9.17. The molecule has 0 aromatic carbocycles. The van der Waals surface area contributed by atoms with Gasteiger partial charge in [0.25, 0.3) is 0 Å². The van der Waals surface area contributed by atoms with Crippen LogP contribution in [-0.2, 0) is 4.74 Å². The van der Waals surface area contributed by atoms with E-state index < -0.39 is 0 Å². The largest absolute Gasteiger partial charge is 0.380 e. The molecule has 1 aliphatic heterocycles. The lowest BCUT2D eigenvalue weighted by Gasteiger charge is -2.18. The van der Waals surface area contributed by atoms with Crippen molar-refractivity contribution in [3.05, 3.63) is 0 Å². The maximum Gasteiger partial charge on any atom is 0.0620 e. The van der Waals surface area contributed by atoms with E-state index in [2.05, 4.69) is 5.32 Å². The molecule has 3 rings (SSSR count). The molecule has 3 aliphatic rings. The summed E-state index contributed by atoms with van der Waals surface area (Å²) in [6.45, 7) is 3.18. The summed E-state index contributed by atoms with van der Waals surface area (Å²) in [5.74, 6) is 3.17. The monoisotopic (exact) mass is 195 g/mol. The Balaban J connectivity index is 1.44. The minimum atomic E-state index is 0.662. The minimum Gasteiger partial charge on any atom is -0.380 e. The van der Waals surface area contributed by atoms with Gasteiger partial charge in [-0.2, -0.15) is 0 Å². The van der Waals surface area contributed by atoms with Crippen molar-refractivity contribution in [1.29, 1.82) is 0 Å². The van der Waals surface area contributed by atoms with E-state index in [0.29, 0.717) is 6.04 Å². The molecule has 2 aliphatic carbocycles. The first-order valence-electron chi connectivity index (χ1n) is 6.24. The summed E-state index contributed by atoms with van der Waals surface area (Å²) in [5, 5.41) is 3.70. The van der Waals surface area contributed by atoms with Crippen LogP contribution in [0.25, 0.3) is 0 Å². The molecule has 0 radical (unpaired) electrons. The van der Waals surface area contributed by atoms with Crippen LogP contribution in [0.1, 0.15) is 32.1 Å². The summed E-state index contributed by atoms with van der Waals surface area (Å²) in [7, 11) is 0. The van der Waals surface area contributed by atoms with Gasteiger partial charge in [0.2, 0.25) is 0 Å². The summed E-state index contributed by atoms with van der Waals surface area (Å²) in [4.78, 5) is 0. The highest BCUT2D eigenvalue weighted by atomic mass is 16.5. The third-order valence-corrected chi connectivity index (χ3v) is 4.03. The predicted octanol–water partition coefficient (Wildman–Crippen LogP) is 1.80. The van der Waals surface area contributed by atoms with E-state index in [0.717, 1.165) is 31.0 Å². The highest BCUT2D eigenvalue weighted by Gasteiger charge is 2.41. The van der Waals surface area contributed by atoms with Gasteiger partial charge >= 0.3 is 0 Å². The molecule has 14 heavy (non-hydrogen) atoms. The van der Waals surface area contributed by atoms with Gasteiger partial charge in [-0.1, -0.05) is 0 Å². The molecule has 1 N–H and O–H groups in total. The van der Waals surface area contributed by atoms with Crippen LogP contribution in [0.15, 0.2) is 0 Å². The summed E-state index contributed by atoms with van der Waals surface area (Å²) >= 11 is 0. The topological polar surface area (TPSA) is 21.3 Å². The molecule has 0 bridgehead atoms. The number of ether oxygens (including phenoxy) is 1. The van der Waals surface area contributed by atoms with Crippen molar-refractivity contribution in [3.63, 3.8) is 0 Å². The molecular formula is C12H21NO. The van der Waals surface area contributed by atoms with E-state index in [1.54, 1.807) is 0 Å². The zero-order valence-corrected chi connectivity index (χ0v) is 8.87. The van der Waals surface area contributed by atoms with Crippen molar-refractivity contribution >= 4 is 0 Å². The molecule has 2 saturated carbocycles. The molecule has 1 saturated heterocycles. The smallest absolute Gasteiger partial charge is 0.0620 e. The van der Waals surface area contributed by atoms with Gasteiger partial charge in [0, 0.05) is 12.6 Å². The lowest BCUT2D eigenvalue weighted by Crippen LogP contribution is -2.35. The zero-order chi connectivity index (χ0) is 9.38. The SMILES string of the molecule is C1CC(NCC(C2CC2)C2CC2)CO1. The second kappa shape index (κ2) is 3.82. The predicted molar refractivity (Wildman–Crippen MR) is 56.2 cm³/mol. The van der Waals surface area contributed by atoms with Crippen LogP contribution >= 0.6 is 0 Å². The molecule has 2 nitrogen and oxygen atoms in total. The van der Waals surface area contributed by atoms with Gasteiger partial charge in [-0.3, -0.25) is 0 Å². The maximum atomic E-state index is 5.38. The van der Waals surface area contributed by atoms with Crippen molar-refractivity contribution in [2.24, 2.45) is 17.8 Å². The highest BCUT2D eigenvalue weighted by Crippen LogP contribution is 2.48. The number of nitrogens with one attached hydrogen (secondary N) is 1. The Bertz CT molecular complexity index is 180. The Labute approximate surface area is 86.4 Å². The van der Waals surface area contributed by atoms with Gasteiger partial charge < -0.3 is 10.1 Å². The van der Waals surface area contributed by atoms with E-state index in [1.807, 2.05) is 0 Å². The average Bonchev–Trinajstić information content (AvgIpc) is 3.09. The van der Waals surface area contributed by atoms with E-state index in [4.69, 9.17) is 4.74 Å². The van der Waals surface area contributed by atoms with Crippen LogP contribution in [-0.4, -0.2) is 25.8 Å². The summed E-state index contributed by atoms with van der Waals surface area (Å²) in [6, 6.07) is 0.662. The molecule has 0 spiro atoms. The number of hydrogen-bond acceptors (Lipinski definition) is 2. The Morgan fingerprint density at radius 1 is 1.07 bits per heavy atom. The molecule has 1 unspecified atom stereocenters. The van der Waals surface area contributed by atoms with Gasteiger partial charge in [0.05, 0.1) is 6.61 Å². The fourth-order valence-corrected chi connectivity index (χ4v) is 2.77. The lowest BCUT2D eigenvalue weighted by atomic mass is 9.97. The van der Waals surface area contributed by atoms with Crippen LogP contribution in [0, 0.1) is 17.8 Å². The molecular weight excluding hydrogens is 174 g/mol. The van der Waals surface area contributed by atoms with Crippen LogP contribution in [0.2, 0.25) is 0 Å². The summed E-state index contributed by atoms with van der Waals surface area (Å²) in [5.41, 5.74) is 0. The second-order valence-electron chi connectivity index (χ2n) is 5.31. The molecule has 0 amide bonds. The van der Waals surface area contributed by atoms with Gasteiger partial charge in [-0.15, -0.1) is 0 Å². The van der Waals surface area contributed by atoms with Gasteiger partial charge in [0.15, 0.2) is 0 Å². The van der Waals surface area contributed by atoms with E-state index in [9.17, 15) is 0 Å². The van der Waals surface area contributed by atoms with E-state index >= 15 is 0 Å². The Hall–Kier alpha value is -0.0800. The van der Waals surface area contributed by atoms with Crippen molar-refractivity contribution in [1.82, 2.24) is 5.32 Å². The Morgan fingerprint density at radius 2 is 1.79 bits per heavy atom. The van der Waals surface area contributed by atoms with Crippen molar-refractivity contribution in [2.75, 3.05) is 19.8 Å². The molecule has 80 valence electrons. The fourth-order valence-electron chi connectivity index (χ4n) is 2.77. The number of hydrogen-bond donors (Lipinski definition) is 1. The van der Waals surface area contributed by atoms with Gasteiger partial charge in [0.1, 0.15) is 0 Å². The zero-order valence-electron chi connectivity index (χ0n) is 8.87. The van der Waals surface area contributed by atoms with E-state index in [1.165, 1.54) is 38.6 Å². The van der Waals surface area contributed by atoms with Crippen LogP contribution in [0.5, 0.6) is 0 Å². The van der Waals surface area contributed by atoms with Crippen molar-refractivity contribution < 1.29 is 4.74 Å². The third kappa shape index (κ3) is 2.12. The molecule has 1 atom stereocenters. The third-order valence-electron chi connectivity index (χ3n) is 4.03. The van der Waals surface area contributed by atoms with Crippen LogP contribution in [0.4, 0.5) is 0 Å². The quantitative estimate of drug-likeness (QED) is 0.722. The molecule has 0 aromatic heterocycles. The van der Waals surface area contributed by atoms with Crippen molar-refractivity contribution in [3.8, 4) is 0 Å². The van der Waals surface area contributed by atoms with Gasteiger partial charge in [-0.05, 0) is 56.4 Å². The van der Waals surface area contributed by atoms with Gasteiger partial charge in [-0.25, -0.2) is 0 Å². The van der Waals surface area contributed by atoms with Crippen molar-refractivity contribution in [2.45, 2.75) is 38.1 Å². The summed E-state index contributed by atoms with van der Waals surface area (Å²) in [6.07, 6.45) is 7.24. The normalized spacial score (nSPS) is 32.8. The molecule has 1 heterocycles. The minimum absolute atomic E-state index is 0.662. The highest BCUT2D eigenvalue weighted by molar-refractivity contribution is 4.93.